The Kier molecular flexibility index (Phi) is 13.3. The lowest BCUT2D eigenvalue weighted by Gasteiger charge is -2.20. The van der Waals surface area contributed by atoms with Gasteiger partial charge in [-0.3, -0.25) is 4.98 Å². The van der Waals surface area contributed by atoms with Crippen LogP contribution in [0.2, 0.25) is 15.1 Å². The van der Waals surface area contributed by atoms with E-state index in [0.29, 0.717) is 53.6 Å². The van der Waals surface area contributed by atoms with Crippen molar-refractivity contribution in [1.29, 1.82) is 5.26 Å². The highest BCUT2D eigenvalue weighted by Gasteiger charge is 2.41. The number of thioether (sulfide) groups is 2. The van der Waals surface area contributed by atoms with Gasteiger partial charge in [0.25, 0.3) is 0 Å². The third-order valence-electron chi connectivity index (χ3n) is 7.86. The van der Waals surface area contributed by atoms with Crippen LogP contribution >= 0.6 is 58.3 Å². The number of halogens is 12. The first-order valence-corrected chi connectivity index (χ1v) is 19.0. The van der Waals surface area contributed by atoms with Crippen LogP contribution in [0, 0.1) is 11.3 Å². The number of hydrogen-bond acceptors (Lipinski definition) is 11. The van der Waals surface area contributed by atoms with E-state index in [-0.39, 0.29) is 34.6 Å². The summed E-state index contributed by atoms with van der Waals surface area (Å²) in [7, 11) is 0. The molecule has 310 valence electrons. The second-order valence-electron chi connectivity index (χ2n) is 11.7. The molecule has 0 saturated carbocycles. The summed E-state index contributed by atoms with van der Waals surface area (Å²) in [6.45, 7) is 2.38. The Morgan fingerprint density at radius 1 is 0.879 bits per heavy atom. The Morgan fingerprint density at radius 3 is 1.90 bits per heavy atom. The normalized spacial score (nSPS) is 14.2. The summed E-state index contributed by atoms with van der Waals surface area (Å²) in [6, 6.07) is 7.16. The first kappa shape index (κ1) is 44.9. The smallest absolute Gasteiger partial charge is 0.446 e. The molecule has 0 radical (unpaired) electrons. The topological polar surface area (TPSA) is 149 Å². The average Bonchev–Trinajstić information content (AvgIpc) is 3.81. The van der Waals surface area contributed by atoms with E-state index in [2.05, 4.69) is 20.5 Å². The number of nitrogens with zero attached hydrogens (tertiary/aromatic N) is 6. The molecule has 1 aliphatic heterocycles. The number of nitrogens with one attached hydrogen (secondary N) is 1. The van der Waals surface area contributed by atoms with Gasteiger partial charge < -0.3 is 25.6 Å². The van der Waals surface area contributed by atoms with Crippen LogP contribution < -0.4 is 11.1 Å². The number of aromatic hydroxyl groups is 1. The van der Waals surface area contributed by atoms with Crippen LogP contribution in [0.4, 0.5) is 51.1 Å². The number of phenolic OH excluding ortho intramolecular Hbond substituents is 1. The van der Waals surface area contributed by atoms with E-state index >= 15 is 0 Å². The summed E-state index contributed by atoms with van der Waals surface area (Å²) in [5.74, 6) is -2.06. The predicted octanol–water partition coefficient (Wildman–Crippen LogP) is 10.5. The van der Waals surface area contributed by atoms with Crippen molar-refractivity contribution in [2.24, 2.45) is 0 Å². The molecule has 0 unspecified atom stereocenters. The molecule has 0 amide bonds. The van der Waals surface area contributed by atoms with E-state index in [1.807, 2.05) is 0 Å². The van der Waals surface area contributed by atoms with Gasteiger partial charge in [-0.25, -0.2) is 9.36 Å². The number of aromatic nitrogens is 5. The average molecular weight is 922 g/mol. The van der Waals surface area contributed by atoms with Gasteiger partial charge in [-0.05, 0) is 66.9 Å². The van der Waals surface area contributed by atoms with E-state index in [9.17, 15) is 49.9 Å². The van der Waals surface area contributed by atoms with E-state index in [1.165, 1.54) is 24.2 Å². The zero-order chi connectivity index (χ0) is 43.0. The first-order chi connectivity index (χ1) is 27.0. The van der Waals surface area contributed by atoms with E-state index < -0.39 is 72.9 Å². The summed E-state index contributed by atoms with van der Waals surface area (Å²) < 4.78 is 130. The number of nitrogen functional groups attached to an aromatic ring is 1. The third kappa shape index (κ3) is 9.78. The summed E-state index contributed by atoms with van der Waals surface area (Å²) in [4.78, 5) is 3.77. The van der Waals surface area contributed by atoms with Crippen molar-refractivity contribution in [1.82, 2.24) is 24.5 Å². The minimum absolute atomic E-state index is 0.0135. The van der Waals surface area contributed by atoms with Gasteiger partial charge in [-0.2, -0.15) is 55.0 Å². The lowest BCUT2D eigenvalue weighted by Crippen LogP contribution is -2.24. The number of benzene rings is 2. The lowest BCUT2D eigenvalue weighted by molar-refractivity contribution is -0.154. The number of hydrogen-bond donors (Lipinski definition) is 3. The van der Waals surface area contributed by atoms with Crippen LogP contribution in [0.15, 0.2) is 58.6 Å². The maximum atomic E-state index is 13.2. The minimum Gasteiger partial charge on any atom is -0.506 e. The van der Waals surface area contributed by atoms with Crippen molar-refractivity contribution in [2.45, 2.75) is 46.9 Å². The fourth-order valence-electron chi connectivity index (χ4n) is 5.32. The Labute approximate surface area is 345 Å². The van der Waals surface area contributed by atoms with Crippen molar-refractivity contribution in [3.05, 3.63) is 91.9 Å². The SMILES string of the molecule is CSc1c(C2(C)OCCO2)nn(-c2c(O)cc(C(F)(F)F)cc2Cl)c1N.N#Cc1nn(-c2c(Cl)cc(C(F)(F)F)cc2Cl)c(NCc2ccncc2)c1SC(F)(F)F. The molecule has 0 atom stereocenters. The number of pyridine rings is 1. The number of nitrogens with two attached hydrogens (primary N) is 1. The molecule has 58 heavy (non-hydrogen) atoms. The third-order valence-corrected chi connectivity index (χ3v) is 10.4. The monoisotopic (exact) mass is 920 g/mol. The Bertz CT molecular complexity index is 2300. The van der Waals surface area contributed by atoms with Crippen LogP contribution in [0.5, 0.6) is 5.75 Å². The molecule has 0 spiro atoms. The Morgan fingerprint density at radius 2 is 1.41 bits per heavy atom. The molecule has 3 aromatic heterocycles. The molecule has 1 fully saturated rings. The highest BCUT2D eigenvalue weighted by molar-refractivity contribution is 8.00. The molecule has 4 heterocycles. The van der Waals surface area contributed by atoms with Gasteiger partial charge in [0.15, 0.2) is 5.69 Å². The second kappa shape index (κ2) is 17.2. The maximum Gasteiger partial charge on any atom is 0.446 e. The summed E-state index contributed by atoms with van der Waals surface area (Å²) in [5, 5.41) is 28.9. The van der Waals surface area contributed by atoms with Crippen molar-refractivity contribution in [3.8, 4) is 23.2 Å². The Balaban J connectivity index is 0.000000226. The molecular formula is C33H24Cl3F9N8O3S2. The molecule has 2 aromatic carbocycles. The summed E-state index contributed by atoms with van der Waals surface area (Å²) >= 11 is 18.7. The zero-order valence-corrected chi connectivity index (χ0v) is 33.0. The largest absolute Gasteiger partial charge is 0.506 e. The lowest BCUT2D eigenvalue weighted by atomic mass is 10.2. The first-order valence-electron chi connectivity index (χ1n) is 15.8. The zero-order valence-electron chi connectivity index (χ0n) is 29.1. The van der Waals surface area contributed by atoms with Crippen LogP contribution in [0.1, 0.15) is 35.0 Å². The van der Waals surface area contributed by atoms with E-state index in [4.69, 9.17) is 50.0 Å². The van der Waals surface area contributed by atoms with Crippen LogP contribution in [0.3, 0.4) is 0 Å². The molecule has 25 heteroatoms. The molecule has 4 N–H and O–H groups in total. The molecule has 0 aliphatic carbocycles. The number of ether oxygens (including phenoxy) is 2. The molecule has 0 bridgehead atoms. The highest BCUT2D eigenvalue weighted by Crippen LogP contribution is 2.46. The number of rotatable bonds is 8. The van der Waals surface area contributed by atoms with Gasteiger partial charge in [0.1, 0.15) is 40.5 Å². The summed E-state index contributed by atoms with van der Waals surface area (Å²) in [6.07, 6.45) is -4.72. The van der Waals surface area contributed by atoms with Crippen molar-refractivity contribution >= 4 is 70.0 Å². The van der Waals surface area contributed by atoms with Crippen molar-refractivity contribution < 1.29 is 54.1 Å². The van der Waals surface area contributed by atoms with Gasteiger partial charge in [0, 0.05) is 18.9 Å². The van der Waals surface area contributed by atoms with Crippen molar-refractivity contribution in [3.63, 3.8) is 0 Å². The second-order valence-corrected chi connectivity index (χ2v) is 14.9. The number of alkyl halides is 9. The van der Waals surface area contributed by atoms with E-state index in [1.54, 1.807) is 31.4 Å². The van der Waals surface area contributed by atoms with Crippen LogP contribution in [0.25, 0.3) is 11.4 Å². The number of anilines is 2. The van der Waals surface area contributed by atoms with Gasteiger partial charge in [-0.15, -0.1) is 11.8 Å². The Hall–Kier alpha value is -4.24. The maximum absolute atomic E-state index is 13.2. The number of phenols is 1. The molecule has 5 aromatic rings. The molecule has 1 saturated heterocycles. The number of nitriles is 1. The van der Waals surface area contributed by atoms with Gasteiger partial charge in [0.2, 0.25) is 5.79 Å². The quantitative estimate of drug-likeness (QED) is 0.101. The standard InChI is InChI=1S/C18H9Cl2F6N5S.C15H15ClF3N3O3S/c19-11-5-10(17(21,22)23)6-12(20)14(11)31-16(29-8-9-1-3-28-4-2-9)15(13(7-27)30-31)32-18(24,25)26;1-14(24-3-4-25-14)12-11(26-2)13(20)22(21-12)10-8(16)5-7(6-9(10)23)15(17,18)19/h1-6,29H,8H2;5-6,23H,3-4,20H2,1-2H3. The van der Waals surface area contributed by atoms with E-state index in [0.717, 1.165) is 9.36 Å². The van der Waals surface area contributed by atoms with Crippen molar-refractivity contribution in [2.75, 3.05) is 30.5 Å². The fourth-order valence-corrected chi connectivity index (χ4v) is 7.65. The summed E-state index contributed by atoms with van der Waals surface area (Å²) in [5.41, 5.74) is -0.995. The molecule has 6 rings (SSSR count). The van der Waals surface area contributed by atoms with Gasteiger partial charge in [-0.1, -0.05) is 34.8 Å². The van der Waals surface area contributed by atoms with Crippen LogP contribution in [-0.2, 0) is 34.2 Å². The predicted molar refractivity (Wildman–Crippen MR) is 197 cm³/mol. The molecule has 11 nitrogen and oxygen atoms in total. The fraction of sp³-hybridized carbons (Fsp3) is 0.273. The van der Waals surface area contributed by atoms with Gasteiger partial charge in [0.05, 0.1) is 49.2 Å². The minimum atomic E-state index is -4.78. The molecular weight excluding hydrogens is 898 g/mol. The molecule has 1 aliphatic rings. The van der Waals surface area contributed by atoms with Gasteiger partial charge >= 0.3 is 17.9 Å². The van der Waals surface area contributed by atoms with Crippen LogP contribution in [-0.4, -0.2) is 54.6 Å². The highest BCUT2D eigenvalue weighted by atomic mass is 35.5.